The van der Waals surface area contributed by atoms with Gasteiger partial charge in [-0.3, -0.25) is 4.79 Å². The normalized spacial score (nSPS) is 11.6. The third kappa shape index (κ3) is 2.83. The number of esters is 1. The number of ether oxygens (including phenoxy) is 1. The zero-order valence-corrected chi connectivity index (χ0v) is 10.7. The number of H-pyrrole nitrogens is 2. The van der Waals surface area contributed by atoms with Crippen LogP contribution in [-0.2, 0) is 19.6 Å². The van der Waals surface area contributed by atoms with Crippen molar-refractivity contribution in [2.24, 2.45) is 0 Å². The van der Waals surface area contributed by atoms with Gasteiger partial charge < -0.3 is 14.7 Å². The Kier molecular flexibility index (Phi) is 3.40. The number of nitrogens with one attached hydrogen (secondary N) is 3. The van der Waals surface area contributed by atoms with Crippen LogP contribution in [0.5, 0.6) is 0 Å². The fraction of sp³-hybridized carbons (Fsp3) is 0.200. The Balaban J connectivity index is 2.32. The Labute approximate surface area is 107 Å². The van der Waals surface area contributed by atoms with Gasteiger partial charge in [0.15, 0.2) is 0 Å². The Hall–Kier alpha value is -2.13. The lowest BCUT2D eigenvalue weighted by Gasteiger charge is -2.05. The van der Waals surface area contributed by atoms with E-state index in [-0.39, 0.29) is 4.90 Å². The highest BCUT2D eigenvalue weighted by Gasteiger charge is 2.16. The Bertz CT molecular complexity index is 774. The van der Waals surface area contributed by atoms with Gasteiger partial charge in [0.2, 0.25) is 10.0 Å². The standard InChI is InChI=1S/C10H11N3O5S/c1-18-9(14)5-11-19(16,17)6-2-3-7-8(4-6)13-10(15)12-7/h2-4,11H,5H2,1H3,(H2,12,13,15). The number of hydrogen-bond acceptors (Lipinski definition) is 5. The molecule has 1 aromatic carbocycles. The van der Waals surface area contributed by atoms with Crippen molar-refractivity contribution in [2.75, 3.05) is 13.7 Å². The molecule has 0 bridgehead atoms. The second-order valence-electron chi connectivity index (χ2n) is 3.69. The van der Waals surface area contributed by atoms with Crippen molar-refractivity contribution in [3.63, 3.8) is 0 Å². The van der Waals surface area contributed by atoms with Gasteiger partial charge >= 0.3 is 11.7 Å². The van der Waals surface area contributed by atoms with E-state index in [9.17, 15) is 18.0 Å². The molecule has 0 atom stereocenters. The maximum atomic E-state index is 11.9. The molecule has 102 valence electrons. The fourth-order valence-corrected chi connectivity index (χ4v) is 2.48. The molecule has 2 rings (SSSR count). The molecule has 0 amide bonds. The van der Waals surface area contributed by atoms with E-state index < -0.39 is 28.2 Å². The van der Waals surface area contributed by atoms with Gasteiger partial charge in [-0.15, -0.1) is 0 Å². The maximum Gasteiger partial charge on any atom is 0.323 e. The van der Waals surface area contributed by atoms with Crippen LogP contribution in [0.25, 0.3) is 11.0 Å². The zero-order valence-electron chi connectivity index (χ0n) is 9.89. The van der Waals surface area contributed by atoms with Crippen LogP contribution < -0.4 is 10.4 Å². The Morgan fingerprint density at radius 3 is 2.68 bits per heavy atom. The number of aromatic amines is 2. The number of fused-ring (bicyclic) bond motifs is 1. The van der Waals surface area contributed by atoms with Crippen LogP contribution in [0.1, 0.15) is 0 Å². The van der Waals surface area contributed by atoms with Gasteiger partial charge in [0, 0.05) is 0 Å². The maximum absolute atomic E-state index is 11.9. The molecule has 1 aromatic heterocycles. The molecule has 3 N–H and O–H groups in total. The molecule has 0 fully saturated rings. The van der Waals surface area contributed by atoms with E-state index in [2.05, 4.69) is 19.4 Å². The molecule has 0 unspecified atom stereocenters. The fourth-order valence-electron chi connectivity index (χ4n) is 1.49. The van der Waals surface area contributed by atoms with Crippen LogP contribution in [0, 0.1) is 0 Å². The third-order valence-electron chi connectivity index (χ3n) is 2.43. The molecule has 8 nitrogen and oxygen atoms in total. The average molecular weight is 285 g/mol. The van der Waals surface area contributed by atoms with Gasteiger partial charge in [0.1, 0.15) is 6.54 Å². The summed E-state index contributed by atoms with van der Waals surface area (Å²) in [6, 6.07) is 4.08. The summed E-state index contributed by atoms with van der Waals surface area (Å²) in [5.74, 6) is -0.695. The Morgan fingerprint density at radius 2 is 2.00 bits per heavy atom. The van der Waals surface area contributed by atoms with E-state index in [0.29, 0.717) is 11.0 Å². The molecule has 2 aromatic rings. The van der Waals surface area contributed by atoms with Crippen molar-refractivity contribution in [1.82, 2.24) is 14.7 Å². The molecule has 0 aliphatic heterocycles. The molecular formula is C10H11N3O5S. The van der Waals surface area contributed by atoms with E-state index in [0.717, 1.165) is 7.11 Å². The smallest absolute Gasteiger partial charge is 0.323 e. The number of aromatic nitrogens is 2. The topological polar surface area (TPSA) is 121 Å². The quantitative estimate of drug-likeness (QED) is 0.642. The van der Waals surface area contributed by atoms with Crippen molar-refractivity contribution in [3.8, 4) is 0 Å². The number of benzene rings is 1. The summed E-state index contributed by atoms with van der Waals surface area (Å²) >= 11 is 0. The monoisotopic (exact) mass is 285 g/mol. The van der Waals surface area contributed by atoms with Gasteiger partial charge in [-0.2, -0.15) is 4.72 Å². The predicted octanol–water partition coefficient (Wildman–Crippen LogP) is -0.693. The van der Waals surface area contributed by atoms with Crippen molar-refractivity contribution in [1.29, 1.82) is 0 Å². The number of carbonyl (C=O) groups excluding carboxylic acids is 1. The van der Waals surface area contributed by atoms with E-state index in [1.165, 1.54) is 18.2 Å². The van der Waals surface area contributed by atoms with Gasteiger partial charge in [0.05, 0.1) is 23.0 Å². The molecule has 0 saturated heterocycles. The van der Waals surface area contributed by atoms with Gasteiger partial charge in [-0.1, -0.05) is 0 Å². The molecule has 0 saturated carbocycles. The SMILES string of the molecule is COC(=O)CNS(=O)(=O)c1ccc2[nH]c(=O)[nH]c2c1. The first kappa shape index (κ1) is 13.3. The molecule has 19 heavy (non-hydrogen) atoms. The molecule has 0 aliphatic rings. The van der Waals surface area contributed by atoms with Crippen LogP contribution in [0.4, 0.5) is 0 Å². The van der Waals surface area contributed by atoms with E-state index in [1.807, 2.05) is 0 Å². The van der Waals surface area contributed by atoms with Crippen LogP contribution in [-0.4, -0.2) is 38.0 Å². The van der Waals surface area contributed by atoms with Gasteiger partial charge in [-0.05, 0) is 18.2 Å². The summed E-state index contributed by atoms with van der Waals surface area (Å²) in [6.45, 7) is -0.458. The molecule has 0 spiro atoms. The number of rotatable bonds is 4. The minimum absolute atomic E-state index is 0.0563. The van der Waals surface area contributed by atoms with Crippen molar-refractivity contribution >= 4 is 27.0 Å². The first-order chi connectivity index (χ1) is 8.92. The van der Waals surface area contributed by atoms with Crippen molar-refractivity contribution in [3.05, 3.63) is 28.7 Å². The lowest BCUT2D eigenvalue weighted by molar-refractivity contribution is -0.139. The summed E-state index contributed by atoms with van der Waals surface area (Å²) in [7, 11) is -2.67. The highest BCUT2D eigenvalue weighted by atomic mass is 32.2. The minimum atomic E-state index is -3.83. The number of sulfonamides is 1. The molecule has 9 heteroatoms. The molecular weight excluding hydrogens is 274 g/mol. The predicted molar refractivity (Wildman–Crippen MR) is 66.1 cm³/mol. The van der Waals surface area contributed by atoms with Crippen molar-refractivity contribution in [2.45, 2.75) is 4.90 Å². The number of imidazole rings is 1. The van der Waals surface area contributed by atoms with Gasteiger partial charge in [0.25, 0.3) is 0 Å². The summed E-state index contributed by atoms with van der Waals surface area (Å²) in [5.41, 5.74) is 0.440. The number of hydrogen-bond donors (Lipinski definition) is 3. The molecule has 0 radical (unpaired) electrons. The second kappa shape index (κ2) is 4.86. The number of carbonyl (C=O) groups is 1. The number of methoxy groups -OCH3 is 1. The third-order valence-corrected chi connectivity index (χ3v) is 3.83. The molecule has 1 heterocycles. The first-order valence-electron chi connectivity index (χ1n) is 5.21. The van der Waals surface area contributed by atoms with Crippen LogP contribution in [0.15, 0.2) is 27.9 Å². The Morgan fingerprint density at radius 1 is 1.32 bits per heavy atom. The van der Waals surface area contributed by atoms with Crippen LogP contribution >= 0.6 is 0 Å². The second-order valence-corrected chi connectivity index (χ2v) is 5.45. The summed E-state index contributed by atoms with van der Waals surface area (Å²) < 4.78 is 30.2. The van der Waals surface area contributed by atoms with E-state index >= 15 is 0 Å². The zero-order chi connectivity index (χ0) is 14.0. The van der Waals surface area contributed by atoms with E-state index in [1.54, 1.807) is 0 Å². The molecule has 0 aliphatic carbocycles. The summed E-state index contributed by atoms with van der Waals surface area (Å²) in [5, 5.41) is 0. The summed E-state index contributed by atoms with van der Waals surface area (Å²) in [6.07, 6.45) is 0. The average Bonchev–Trinajstić information content (AvgIpc) is 2.74. The van der Waals surface area contributed by atoms with E-state index in [4.69, 9.17) is 0 Å². The van der Waals surface area contributed by atoms with Gasteiger partial charge in [-0.25, -0.2) is 13.2 Å². The highest BCUT2D eigenvalue weighted by molar-refractivity contribution is 7.89. The largest absolute Gasteiger partial charge is 0.468 e. The minimum Gasteiger partial charge on any atom is -0.468 e. The summed E-state index contributed by atoms with van der Waals surface area (Å²) in [4.78, 5) is 26.9. The van der Waals surface area contributed by atoms with Crippen molar-refractivity contribution < 1.29 is 17.9 Å². The van der Waals surface area contributed by atoms with Crippen LogP contribution in [0.3, 0.4) is 0 Å². The highest BCUT2D eigenvalue weighted by Crippen LogP contribution is 2.14. The van der Waals surface area contributed by atoms with Crippen LogP contribution in [0.2, 0.25) is 0 Å². The lowest BCUT2D eigenvalue weighted by atomic mass is 10.3. The first-order valence-corrected chi connectivity index (χ1v) is 6.69. The lowest BCUT2D eigenvalue weighted by Crippen LogP contribution is -2.30.